The van der Waals surface area contributed by atoms with Crippen molar-refractivity contribution in [2.24, 2.45) is 0 Å². The lowest BCUT2D eigenvalue weighted by Crippen LogP contribution is -2.25. The van der Waals surface area contributed by atoms with Crippen LogP contribution in [0.3, 0.4) is 0 Å². The second-order valence-electron chi connectivity index (χ2n) is 7.87. The van der Waals surface area contributed by atoms with Gasteiger partial charge in [-0.3, -0.25) is 4.72 Å². The van der Waals surface area contributed by atoms with Gasteiger partial charge in [0.1, 0.15) is 24.3 Å². The van der Waals surface area contributed by atoms with Crippen LogP contribution in [0.5, 0.6) is 5.75 Å². The molecule has 37 heavy (non-hydrogen) atoms. The minimum Gasteiger partial charge on any atom is -0.495 e. The SMILES string of the molecule is C=C1C=Cc2cc(S(=O)(=O)Nc3ccon3)ccc2N1c1cc(F)c(C(F)(F)CC(F)(F)F)cc1OC. The van der Waals surface area contributed by atoms with Crippen molar-refractivity contribution in [2.45, 2.75) is 23.4 Å². The number of alkyl halides is 5. The van der Waals surface area contributed by atoms with Crippen molar-refractivity contribution in [3.8, 4) is 5.75 Å². The zero-order valence-electron chi connectivity index (χ0n) is 18.8. The monoisotopic (exact) mass is 545 g/mol. The summed E-state index contributed by atoms with van der Waals surface area (Å²) in [6, 6.07) is 6.30. The van der Waals surface area contributed by atoms with Gasteiger partial charge in [-0.2, -0.15) is 13.2 Å². The summed E-state index contributed by atoms with van der Waals surface area (Å²) in [5, 5.41) is 3.48. The molecule has 0 spiro atoms. The zero-order chi connectivity index (χ0) is 27.2. The molecule has 0 saturated carbocycles. The highest BCUT2D eigenvalue weighted by Crippen LogP contribution is 2.47. The molecular formula is C23H17F6N3O4S. The predicted molar refractivity (Wildman–Crippen MR) is 122 cm³/mol. The van der Waals surface area contributed by atoms with Crippen LogP contribution in [-0.2, 0) is 15.9 Å². The van der Waals surface area contributed by atoms with Crippen molar-refractivity contribution in [2.75, 3.05) is 16.7 Å². The van der Waals surface area contributed by atoms with E-state index in [9.17, 15) is 34.8 Å². The number of benzene rings is 2. The second-order valence-corrected chi connectivity index (χ2v) is 9.55. The van der Waals surface area contributed by atoms with Gasteiger partial charge in [0.05, 0.1) is 28.9 Å². The van der Waals surface area contributed by atoms with Gasteiger partial charge in [-0.1, -0.05) is 17.8 Å². The van der Waals surface area contributed by atoms with E-state index < -0.39 is 39.9 Å². The number of ether oxygens (including phenoxy) is 1. The fraction of sp³-hybridized carbons (Fsp3) is 0.174. The second kappa shape index (κ2) is 9.18. The van der Waals surface area contributed by atoms with Crippen molar-refractivity contribution in [1.82, 2.24) is 5.16 Å². The average Bonchev–Trinajstić information content (AvgIpc) is 3.29. The smallest absolute Gasteiger partial charge is 0.395 e. The fourth-order valence-electron chi connectivity index (χ4n) is 3.71. The first-order valence-electron chi connectivity index (χ1n) is 10.3. The third kappa shape index (κ3) is 5.28. The number of rotatable bonds is 7. The van der Waals surface area contributed by atoms with E-state index in [1.54, 1.807) is 0 Å². The molecular weight excluding hydrogens is 528 g/mol. The predicted octanol–water partition coefficient (Wildman–Crippen LogP) is 6.35. The van der Waals surface area contributed by atoms with Gasteiger partial charge in [0.15, 0.2) is 5.82 Å². The third-order valence-electron chi connectivity index (χ3n) is 5.30. The highest BCUT2D eigenvalue weighted by molar-refractivity contribution is 7.92. The molecule has 196 valence electrons. The van der Waals surface area contributed by atoms with E-state index >= 15 is 0 Å². The first-order chi connectivity index (χ1) is 17.2. The number of halogens is 6. The van der Waals surface area contributed by atoms with Crippen LogP contribution in [0.15, 0.2) is 70.4 Å². The number of allylic oxidation sites excluding steroid dienone is 1. The lowest BCUT2D eigenvalue weighted by atomic mass is 10.0. The van der Waals surface area contributed by atoms with Crippen molar-refractivity contribution < 1.29 is 44.0 Å². The number of aromatic nitrogens is 1. The molecule has 1 aromatic heterocycles. The molecule has 1 aliphatic rings. The summed E-state index contributed by atoms with van der Waals surface area (Å²) < 4.78 is 119. The Hall–Kier alpha value is -3.94. The van der Waals surface area contributed by atoms with Crippen LogP contribution in [0, 0.1) is 5.82 Å². The van der Waals surface area contributed by atoms with Crippen LogP contribution >= 0.6 is 0 Å². The summed E-state index contributed by atoms with van der Waals surface area (Å²) in [6.07, 6.45) is -3.65. The normalized spacial score (nSPS) is 14.0. The zero-order valence-corrected chi connectivity index (χ0v) is 19.6. The van der Waals surface area contributed by atoms with E-state index in [0.717, 1.165) is 7.11 Å². The van der Waals surface area contributed by atoms with Gasteiger partial charge in [0.2, 0.25) is 0 Å². The molecule has 0 aliphatic carbocycles. The van der Waals surface area contributed by atoms with Crippen LogP contribution in [0.2, 0.25) is 0 Å². The van der Waals surface area contributed by atoms with Crippen LogP contribution < -0.4 is 14.4 Å². The quantitative estimate of drug-likeness (QED) is 0.349. The van der Waals surface area contributed by atoms with Crippen molar-refractivity contribution in [3.63, 3.8) is 0 Å². The van der Waals surface area contributed by atoms with Gasteiger partial charge in [0, 0.05) is 17.8 Å². The summed E-state index contributed by atoms with van der Waals surface area (Å²) in [6.45, 7) is 3.83. The molecule has 1 aliphatic heterocycles. The molecule has 0 saturated heterocycles. The Morgan fingerprint density at radius 1 is 1.08 bits per heavy atom. The lowest BCUT2D eigenvalue weighted by molar-refractivity contribution is -0.191. The molecule has 0 fully saturated rings. The number of fused-ring (bicyclic) bond motifs is 1. The molecule has 4 rings (SSSR count). The van der Waals surface area contributed by atoms with Crippen molar-refractivity contribution in [1.29, 1.82) is 0 Å². The molecule has 1 N–H and O–H groups in total. The molecule has 0 amide bonds. The molecule has 2 heterocycles. The maximum absolute atomic E-state index is 14.8. The summed E-state index contributed by atoms with van der Waals surface area (Å²) in [5.41, 5.74) is -0.802. The minimum atomic E-state index is -5.24. The first kappa shape index (κ1) is 26.1. The van der Waals surface area contributed by atoms with Crippen LogP contribution in [0.25, 0.3) is 6.08 Å². The minimum absolute atomic E-state index is 0.0501. The number of sulfonamides is 1. The maximum atomic E-state index is 14.8. The van der Waals surface area contributed by atoms with Crippen LogP contribution in [0.1, 0.15) is 17.5 Å². The maximum Gasteiger partial charge on any atom is 0.395 e. The fourth-order valence-corrected chi connectivity index (χ4v) is 4.73. The number of methoxy groups -OCH3 is 1. The summed E-state index contributed by atoms with van der Waals surface area (Å²) >= 11 is 0. The van der Waals surface area contributed by atoms with Gasteiger partial charge in [-0.15, -0.1) is 0 Å². The Morgan fingerprint density at radius 2 is 1.81 bits per heavy atom. The highest BCUT2D eigenvalue weighted by Gasteiger charge is 2.47. The Kier molecular flexibility index (Phi) is 6.48. The number of nitrogens with zero attached hydrogens (tertiary/aromatic N) is 2. The Morgan fingerprint density at radius 3 is 2.43 bits per heavy atom. The van der Waals surface area contributed by atoms with E-state index in [-0.39, 0.29) is 33.5 Å². The molecule has 7 nitrogen and oxygen atoms in total. The number of hydrogen-bond donors (Lipinski definition) is 1. The summed E-state index contributed by atoms with van der Waals surface area (Å²) in [5.74, 6) is -6.55. The molecule has 3 aromatic rings. The lowest BCUT2D eigenvalue weighted by Gasteiger charge is -2.32. The van der Waals surface area contributed by atoms with Crippen molar-refractivity contribution in [3.05, 3.63) is 78.0 Å². The van der Waals surface area contributed by atoms with E-state index in [2.05, 4.69) is 21.0 Å². The number of hydrogen-bond acceptors (Lipinski definition) is 6. The molecule has 0 bridgehead atoms. The topological polar surface area (TPSA) is 84.7 Å². The number of anilines is 3. The largest absolute Gasteiger partial charge is 0.495 e. The molecule has 14 heteroatoms. The van der Waals surface area contributed by atoms with Gasteiger partial charge < -0.3 is 14.2 Å². The molecule has 0 atom stereocenters. The van der Waals surface area contributed by atoms with E-state index in [4.69, 9.17) is 4.74 Å². The van der Waals surface area contributed by atoms with Gasteiger partial charge in [0.25, 0.3) is 15.9 Å². The van der Waals surface area contributed by atoms with Gasteiger partial charge >= 0.3 is 6.18 Å². The van der Waals surface area contributed by atoms with E-state index in [1.807, 2.05) is 0 Å². The summed E-state index contributed by atoms with van der Waals surface area (Å²) in [7, 11) is -3.00. The Labute approximate surface area is 206 Å². The Bertz CT molecular complexity index is 1480. The van der Waals surface area contributed by atoms with E-state index in [1.165, 1.54) is 47.6 Å². The number of nitrogens with one attached hydrogen (secondary N) is 1. The van der Waals surface area contributed by atoms with E-state index in [0.29, 0.717) is 17.7 Å². The van der Waals surface area contributed by atoms with Gasteiger partial charge in [-0.25, -0.2) is 21.6 Å². The standard InChI is InChI=1S/C23H17F6N3O4S/c1-13-3-4-14-9-15(37(33,34)31-21-7-8-36-30-21)5-6-18(14)32(13)19-11-17(24)16(10-20(19)35-2)22(25,26)12-23(27,28)29/h3-11H,1,12H2,2H3,(H,30,31). The highest BCUT2D eigenvalue weighted by atomic mass is 32.2. The van der Waals surface area contributed by atoms with Crippen LogP contribution in [0.4, 0.5) is 43.5 Å². The molecule has 0 radical (unpaired) electrons. The third-order valence-corrected chi connectivity index (χ3v) is 6.65. The van der Waals surface area contributed by atoms with Crippen molar-refractivity contribution >= 4 is 33.3 Å². The molecule has 2 aromatic carbocycles. The average molecular weight is 545 g/mol. The first-order valence-corrected chi connectivity index (χ1v) is 11.8. The van der Waals surface area contributed by atoms with Gasteiger partial charge in [-0.05, 0) is 35.9 Å². The summed E-state index contributed by atoms with van der Waals surface area (Å²) in [4.78, 5) is 1.14. The Balaban J connectivity index is 1.76. The molecule has 0 unspecified atom stereocenters. The van der Waals surface area contributed by atoms with Crippen LogP contribution in [-0.4, -0.2) is 26.9 Å².